The van der Waals surface area contributed by atoms with Crippen molar-refractivity contribution in [3.8, 4) is 0 Å². The summed E-state index contributed by atoms with van der Waals surface area (Å²) in [6.45, 7) is 6.75. The lowest BCUT2D eigenvalue weighted by atomic mass is 10.2. The Balaban J connectivity index is 4.23. The zero-order valence-corrected chi connectivity index (χ0v) is 8.81. The summed E-state index contributed by atoms with van der Waals surface area (Å²) in [7, 11) is 0. The zero-order chi connectivity index (χ0) is 11.3. The number of rotatable bonds is 4. The van der Waals surface area contributed by atoms with Crippen LogP contribution in [0, 0.1) is 11.8 Å². The summed E-state index contributed by atoms with van der Waals surface area (Å²) >= 11 is 0. The first-order valence-corrected chi connectivity index (χ1v) is 4.44. The maximum Gasteiger partial charge on any atom is 0.508 e. The molecule has 0 aliphatic rings. The molecule has 0 saturated heterocycles. The Morgan fingerprint density at radius 3 is 1.86 bits per heavy atom. The Morgan fingerprint density at radius 2 is 1.57 bits per heavy atom. The molecule has 0 radical (unpaired) electrons. The van der Waals surface area contributed by atoms with Crippen LogP contribution in [0.2, 0.25) is 0 Å². The van der Waals surface area contributed by atoms with Gasteiger partial charge in [0.1, 0.15) is 0 Å². The average Bonchev–Trinajstić information content (AvgIpc) is 2.01. The molecule has 14 heavy (non-hydrogen) atoms. The average molecular weight is 204 g/mol. The highest BCUT2D eigenvalue weighted by atomic mass is 16.8. The molecule has 0 spiro atoms. The minimum atomic E-state index is -1.44. The largest absolute Gasteiger partial charge is 0.508 e. The van der Waals surface area contributed by atoms with Crippen LogP contribution in [0.15, 0.2) is 0 Å². The van der Waals surface area contributed by atoms with Gasteiger partial charge in [-0.15, -0.1) is 0 Å². The monoisotopic (exact) mass is 204 g/mol. The Kier molecular flexibility index (Phi) is 4.97. The number of carboxylic acid groups (broad SMARTS) is 1. The molecule has 82 valence electrons. The van der Waals surface area contributed by atoms with Crippen LogP contribution in [0.5, 0.6) is 0 Å². The van der Waals surface area contributed by atoms with Gasteiger partial charge in [0.25, 0.3) is 6.29 Å². The van der Waals surface area contributed by atoms with Gasteiger partial charge in [-0.05, 0) is 0 Å². The van der Waals surface area contributed by atoms with E-state index in [9.17, 15) is 9.59 Å². The van der Waals surface area contributed by atoms with Gasteiger partial charge in [-0.1, -0.05) is 27.7 Å². The Labute approximate surface area is 83.0 Å². The Morgan fingerprint density at radius 1 is 1.07 bits per heavy atom. The lowest BCUT2D eigenvalue weighted by Crippen LogP contribution is -2.30. The summed E-state index contributed by atoms with van der Waals surface area (Å²) in [4.78, 5) is 21.4. The quantitative estimate of drug-likeness (QED) is 0.559. The molecule has 0 amide bonds. The van der Waals surface area contributed by atoms with Crippen LogP contribution in [0.4, 0.5) is 4.79 Å². The molecule has 0 aliphatic heterocycles. The van der Waals surface area contributed by atoms with E-state index in [-0.39, 0.29) is 11.8 Å². The first-order valence-electron chi connectivity index (χ1n) is 4.44. The van der Waals surface area contributed by atoms with Gasteiger partial charge in [-0.2, -0.15) is 0 Å². The van der Waals surface area contributed by atoms with E-state index in [1.807, 2.05) is 0 Å². The minimum Gasteiger partial charge on any atom is -0.450 e. The number of esters is 1. The van der Waals surface area contributed by atoms with Gasteiger partial charge < -0.3 is 14.6 Å². The molecule has 0 bridgehead atoms. The molecule has 0 saturated carbocycles. The van der Waals surface area contributed by atoms with Crippen molar-refractivity contribution in [1.29, 1.82) is 0 Å². The second-order valence-corrected chi connectivity index (χ2v) is 3.59. The van der Waals surface area contributed by atoms with E-state index in [0.717, 1.165) is 0 Å². The molecule has 5 heteroatoms. The molecule has 0 heterocycles. The molecule has 0 aliphatic carbocycles. The maximum absolute atomic E-state index is 11.1. The third-order valence-corrected chi connectivity index (χ3v) is 1.47. The summed E-state index contributed by atoms with van der Waals surface area (Å²) < 4.78 is 9.25. The lowest BCUT2D eigenvalue weighted by molar-refractivity contribution is -0.181. The molecular weight excluding hydrogens is 188 g/mol. The van der Waals surface area contributed by atoms with Crippen molar-refractivity contribution in [2.75, 3.05) is 0 Å². The van der Waals surface area contributed by atoms with Crippen molar-refractivity contribution in [2.24, 2.45) is 11.8 Å². The van der Waals surface area contributed by atoms with Gasteiger partial charge in [0.2, 0.25) is 0 Å². The first kappa shape index (κ1) is 12.7. The molecular formula is C9H16O5. The molecule has 0 aromatic carbocycles. The summed E-state index contributed by atoms with van der Waals surface area (Å²) in [5.41, 5.74) is 0. The molecule has 0 fully saturated rings. The number of carbonyl (C=O) groups is 2. The zero-order valence-electron chi connectivity index (χ0n) is 8.81. The van der Waals surface area contributed by atoms with Crippen molar-refractivity contribution in [1.82, 2.24) is 0 Å². The highest BCUT2D eigenvalue weighted by Gasteiger charge is 2.23. The topological polar surface area (TPSA) is 72.8 Å². The van der Waals surface area contributed by atoms with Crippen molar-refractivity contribution >= 4 is 12.1 Å². The summed E-state index contributed by atoms with van der Waals surface area (Å²) in [6, 6.07) is 0. The molecule has 1 atom stereocenters. The van der Waals surface area contributed by atoms with E-state index in [4.69, 9.17) is 9.84 Å². The lowest BCUT2D eigenvalue weighted by Gasteiger charge is -2.20. The SMILES string of the molecule is CC(C)C(=O)O[C@@H](OC(=O)O)C(C)C. The van der Waals surface area contributed by atoms with E-state index in [0.29, 0.717) is 0 Å². The van der Waals surface area contributed by atoms with Gasteiger partial charge in [-0.25, -0.2) is 4.79 Å². The second-order valence-electron chi connectivity index (χ2n) is 3.59. The van der Waals surface area contributed by atoms with Gasteiger partial charge >= 0.3 is 12.1 Å². The first-order chi connectivity index (χ1) is 6.34. The Bertz CT molecular complexity index is 209. The van der Waals surface area contributed by atoms with Crippen LogP contribution in [0.1, 0.15) is 27.7 Å². The fraction of sp³-hybridized carbons (Fsp3) is 0.778. The highest BCUT2D eigenvalue weighted by Crippen LogP contribution is 2.11. The second kappa shape index (κ2) is 5.47. The van der Waals surface area contributed by atoms with Crippen molar-refractivity contribution in [3.63, 3.8) is 0 Å². The van der Waals surface area contributed by atoms with E-state index in [1.165, 1.54) is 0 Å². The van der Waals surface area contributed by atoms with Crippen LogP contribution < -0.4 is 0 Å². The standard InChI is InChI=1S/C9H16O5/c1-5(2)7(10)13-8(6(3)4)14-9(11)12/h5-6,8H,1-4H3,(H,11,12)/t8-/m0/s1. The highest BCUT2D eigenvalue weighted by molar-refractivity contribution is 5.71. The van der Waals surface area contributed by atoms with Crippen LogP contribution in [-0.2, 0) is 14.3 Å². The molecule has 0 rings (SSSR count). The fourth-order valence-electron chi connectivity index (χ4n) is 0.646. The number of hydrogen-bond acceptors (Lipinski definition) is 4. The number of ether oxygens (including phenoxy) is 2. The Hall–Kier alpha value is -1.26. The van der Waals surface area contributed by atoms with Gasteiger partial charge in [0, 0.05) is 5.92 Å². The third-order valence-electron chi connectivity index (χ3n) is 1.47. The van der Waals surface area contributed by atoms with E-state index in [1.54, 1.807) is 27.7 Å². The van der Waals surface area contributed by atoms with E-state index < -0.39 is 18.4 Å². The normalized spacial score (nSPS) is 12.7. The summed E-state index contributed by atoms with van der Waals surface area (Å²) in [5.74, 6) is -0.965. The third kappa shape index (κ3) is 4.69. The minimum absolute atomic E-state index is 0.200. The summed E-state index contributed by atoms with van der Waals surface area (Å²) in [6.07, 6.45) is -2.47. The van der Waals surface area contributed by atoms with E-state index >= 15 is 0 Å². The van der Waals surface area contributed by atoms with Gasteiger partial charge in [0.15, 0.2) is 0 Å². The maximum atomic E-state index is 11.1. The van der Waals surface area contributed by atoms with Crippen molar-refractivity contribution in [3.05, 3.63) is 0 Å². The molecule has 0 aromatic rings. The predicted molar refractivity (Wildman–Crippen MR) is 48.7 cm³/mol. The van der Waals surface area contributed by atoms with Crippen LogP contribution >= 0.6 is 0 Å². The predicted octanol–water partition coefficient (Wildman–Crippen LogP) is 1.86. The smallest absolute Gasteiger partial charge is 0.450 e. The van der Waals surface area contributed by atoms with Crippen LogP contribution in [0.25, 0.3) is 0 Å². The summed E-state index contributed by atoms with van der Waals surface area (Å²) in [5, 5.41) is 8.37. The number of hydrogen-bond donors (Lipinski definition) is 1. The van der Waals surface area contributed by atoms with Crippen molar-refractivity contribution in [2.45, 2.75) is 34.0 Å². The van der Waals surface area contributed by atoms with E-state index in [2.05, 4.69) is 4.74 Å². The number of carbonyl (C=O) groups excluding carboxylic acids is 1. The van der Waals surface area contributed by atoms with Gasteiger partial charge in [0.05, 0.1) is 5.92 Å². The molecule has 0 aromatic heterocycles. The van der Waals surface area contributed by atoms with Crippen molar-refractivity contribution < 1.29 is 24.2 Å². The molecule has 1 N–H and O–H groups in total. The van der Waals surface area contributed by atoms with Gasteiger partial charge in [-0.3, -0.25) is 4.79 Å². The molecule has 0 unspecified atom stereocenters. The van der Waals surface area contributed by atoms with Crippen LogP contribution in [-0.4, -0.2) is 23.5 Å². The fourth-order valence-corrected chi connectivity index (χ4v) is 0.646. The van der Waals surface area contributed by atoms with Crippen LogP contribution in [0.3, 0.4) is 0 Å². The molecule has 5 nitrogen and oxygen atoms in total.